The van der Waals surface area contributed by atoms with Crippen LogP contribution in [0.25, 0.3) is 0 Å². The number of hydrogen-bond donors (Lipinski definition) is 1. The van der Waals surface area contributed by atoms with Crippen molar-refractivity contribution in [1.29, 1.82) is 0 Å². The highest BCUT2D eigenvalue weighted by Crippen LogP contribution is 2.24. The van der Waals surface area contributed by atoms with Crippen molar-refractivity contribution in [2.45, 2.75) is 33.4 Å². The van der Waals surface area contributed by atoms with Gasteiger partial charge >= 0.3 is 6.03 Å². The second-order valence-corrected chi connectivity index (χ2v) is 6.97. The fourth-order valence-corrected chi connectivity index (χ4v) is 3.36. The Morgan fingerprint density at radius 1 is 1.29 bits per heavy atom. The molecule has 0 radical (unpaired) electrons. The molecule has 28 heavy (non-hydrogen) atoms. The summed E-state index contributed by atoms with van der Waals surface area (Å²) in [6.07, 6.45) is 1.78. The highest BCUT2D eigenvalue weighted by Gasteiger charge is 2.35. The molecule has 7 heteroatoms. The lowest BCUT2D eigenvalue weighted by molar-refractivity contribution is -0.124. The second kappa shape index (κ2) is 8.29. The number of benzene rings is 1. The average molecular weight is 382 g/mol. The third-order valence-corrected chi connectivity index (χ3v) is 5.07. The molecule has 7 nitrogen and oxygen atoms in total. The number of amides is 3. The summed E-state index contributed by atoms with van der Waals surface area (Å²) in [6.45, 7) is 6.97. The molecule has 148 valence electrons. The molecule has 1 atom stereocenters. The lowest BCUT2D eigenvalue weighted by atomic mass is 10.1. The van der Waals surface area contributed by atoms with Crippen molar-refractivity contribution in [1.82, 2.24) is 15.2 Å². The number of hydrogen-bond acceptors (Lipinski definition) is 4. The van der Waals surface area contributed by atoms with Crippen LogP contribution in [0.1, 0.15) is 23.7 Å². The van der Waals surface area contributed by atoms with Crippen molar-refractivity contribution in [3.05, 3.63) is 53.3 Å². The Labute approximate surface area is 165 Å². The van der Waals surface area contributed by atoms with Gasteiger partial charge < -0.3 is 19.9 Å². The van der Waals surface area contributed by atoms with Crippen molar-refractivity contribution in [2.24, 2.45) is 0 Å². The third kappa shape index (κ3) is 4.08. The SMILES string of the molecule is COc1cccc(N2CCN(C(=O)NCc3cnc(C)cc3C)[C@H](C)C2=O)c1. The van der Waals surface area contributed by atoms with E-state index in [1.807, 2.05) is 44.2 Å². The first-order valence-electron chi connectivity index (χ1n) is 9.32. The first-order valence-corrected chi connectivity index (χ1v) is 9.32. The molecule has 2 heterocycles. The number of carbonyl (C=O) groups excluding carboxylic acids is 2. The van der Waals surface area contributed by atoms with Crippen LogP contribution in [0.4, 0.5) is 10.5 Å². The minimum absolute atomic E-state index is 0.108. The molecule has 3 amide bonds. The summed E-state index contributed by atoms with van der Waals surface area (Å²) < 4.78 is 5.24. The van der Waals surface area contributed by atoms with E-state index in [0.717, 1.165) is 22.5 Å². The molecular weight excluding hydrogens is 356 g/mol. The molecule has 0 saturated carbocycles. The summed E-state index contributed by atoms with van der Waals surface area (Å²) in [5.41, 5.74) is 3.77. The number of ether oxygens (including phenoxy) is 1. The monoisotopic (exact) mass is 382 g/mol. The maximum absolute atomic E-state index is 12.9. The topological polar surface area (TPSA) is 74.8 Å². The first kappa shape index (κ1) is 19.7. The minimum atomic E-state index is -0.544. The van der Waals surface area contributed by atoms with Gasteiger partial charge in [-0.1, -0.05) is 6.07 Å². The van der Waals surface area contributed by atoms with E-state index in [4.69, 9.17) is 4.74 Å². The number of urea groups is 1. The van der Waals surface area contributed by atoms with Gasteiger partial charge in [-0.05, 0) is 50.1 Å². The van der Waals surface area contributed by atoms with E-state index < -0.39 is 6.04 Å². The van der Waals surface area contributed by atoms with Gasteiger partial charge in [0.15, 0.2) is 0 Å². The van der Waals surface area contributed by atoms with Gasteiger partial charge in [0.1, 0.15) is 11.8 Å². The van der Waals surface area contributed by atoms with Crippen molar-refractivity contribution in [3.63, 3.8) is 0 Å². The number of nitrogens with zero attached hydrogens (tertiary/aromatic N) is 3. The van der Waals surface area contributed by atoms with E-state index >= 15 is 0 Å². The Balaban J connectivity index is 1.65. The number of pyridine rings is 1. The number of methoxy groups -OCH3 is 1. The molecule has 1 saturated heterocycles. The highest BCUT2D eigenvalue weighted by atomic mass is 16.5. The predicted molar refractivity (Wildman–Crippen MR) is 107 cm³/mol. The van der Waals surface area contributed by atoms with Crippen LogP contribution in [-0.4, -0.2) is 48.1 Å². The summed E-state index contributed by atoms with van der Waals surface area (Å²) in [5, 5.41) is 2.91. The number of rotatable bonds is 4. The Morgan fingerprint density at radius 2 is 2.07 bits per heavy atom. The number of carbonyl (C=O) groups is 2. The summed E-state index contributed by atoms with van der Waals surface area (Å²) in [4.78, 5) is 33.1. The van der Waals surface area contributed by atoms with Crippen LogP contribution < -0.4 is 15.0 Å². The molecule has 1 aromatic heterocycles. The molecule has 2 aromatic rings. The van der Waals surface area contributed by atoms with E-state index in [0.29, 0.717) is 25.4 Å². The van der Waals surface area contributed by atoms with Gasteiger partial charge in [-0.25, -0.2) is 4.79 Å². The first-order chi connectivity index (χ1) is 13.4. The average Bonchev–Trinajstić information content (AvgIpc) is 2.69. The normalized spacial score (nSPS) is 16.9. The van der Waals surface area contributed by atoms with E-state index in [1.54, 1.807) is 30.0 Å². The molecule has 1 fully saturated rings. The molecule has 0 unspecified atom stereocenters. The molecule has 1 aliphatic heterocycles. The molecule has 0 bridgehead atoms. The minimum Gasteiger partial charge on any atom is -0.497 e. The van der Waals surface area contributed by atoms with Gasteiger partial charge in [0.05, 0.1) is 7.11 Å². The van der Waals surface area contributed by atoms with E-state index in [-0.39, 0.29) is 11.9 Å². The summed E-state index contributed by atoms with van der Waals surface area (Å²) >= 11 is 0. The zero-order chi connectivity index (χ0) is 20.3. The fraction of sp³-hybridized carbons (Fsp3) is 0.381. The van der Waals surface area contributed by atoms with E-state index in [9.17, 15) is 9.59 Å². The van der Waals surface area contributed by atoms with Crippen molar-refractivity contribution in [2.75, 3.05) is 25.1 Å². The zero-order valence-electron chi connectivity index (χ0n) is 16.7. The van der Waals surface area contributed by atoms with Gasteiger partial charge in [0, 0.05) is 43.3 Å². The molecule has 3 rings (SSSR count). The number of aryl methyl sites for hydroxylation is 2. The quantitative estimate of drug-likeness (QED) is 0.882. The van der Waals surface area contributed by atoms with Crippen LogP contribution in [-0.2, 0) is 11.3 Å². The number of anilines is 1. The summed E-state index contributed by atoms with van der Waals surface area (Å²) in [7, 11) is 1.59. The van der Waals surface area contributed by atoms with Gasteiger partial charge in [-0.3, -0.25) is 9.78 Å². The lowest BCUT2D eigenvalue weighted by Crippen LogP contribution is -2.59. The van der Waals surface area contributed by atoms with E-state index in [2.05, 4.69) is 10.3 Å². The standard InChI is InChI=1S/C21H26N4O3/c1-14-10-15(2)22-12-17(14)13-23-21(27)24-8-9-25(20(26)16(24)3)18-6-5-7-19(11-18)28-4/h5-7,10-12,16H,8-9,13H2,1-4H3,(H,23,27)/t16-/m1/s1. The van der Waals surface area contributed by atoms with Gasteiger partial charge in [0.2, 0.25) is 5.91 Å². The number of aromatic nitrogens is 1. The predicted octanol–water partition coefficient (Wildman–Crippen LogP) is 2.65. The number of piperazine rings is 1. The van der Waals surface area contributed by atoms with Crippen LogP contribution >= 0.6 is 0 Å². The molecule has 0 spiro atoms. The van der Waals surface area contributed by atoms with Crippen LogP contribution in [0.5, 0.6) is 5.75 Å². The Kier molecular flexibility index (Phi) is 5.82. The van der Waals surface area contributed by atoms with Crippen molar-refractivity contribution < 1.29 is 14.3 Å². The number of nitrogens with one attached hydrogen (secondary N) is 1. The molecule has 1 aromatic carbocycles. The second-order valence-electron chi connectivity index (χ2n) is 6.97. The summed E-state index contributed by atoms with van der Waals surface area (Å²) in [6, 6.07) is 8.58. The zero-order valence-corrected chi connectivity index (χ0v) is 16.7. The molecule has 1 N–H and O–H groups in total. The lowest BCUT2D eigenvalue weighted by Gasteiger charge is -2.39. The Morgan fingerprint density at radius 3 is 2.79 bits per heavy atom. The van der Waals surface area contributed by atoms with Crippen LogP contribution in [0.3, 0.4) is 0 Å². The van der Waals surface area contributed by atoms with Crippen molar-refractivity contribution in [3.8, 4) is 5.75 Å². The van der Waals surface area contributed by atoms with Crippen LogP contribution in [0.15, 0.2) is 36.5 Å². The maximum atomic E-state index is 12.9. The largest absolute Gasteiger partial charge is 0.497 e. The molecule has 0 aliphatic carbocycles. The Hall–Kier alpha value is -3.09. The van der Waals surface area contributed by atoms with Gasteiger partial charge in [-0.15, -0.1) is 0 Å². The van der Waals surface area contributed by atoms with Crippen LogP contribution in [0.2, 0.25) is 0 Å². The smallest absolute Gasteiger partial charge is 0.318 e. The third-order valence-electron chi connectivity index (χ3n) is 5.07. The maximum Gasteiger partial charge on any atom is 0.318 e. The van der Waals surface area contributed by atoms with Gasteiger partial charge in [0.25, 0.3) is 0 Å². The van der Waals surface area contributed by atoms with Crippen molar-refractivity contribution >= 4 is 17.6 Å². The Bertz CT molecular complexity index is 884. The van der Waals surface area contributed by atoms with E-state index in [1.165, 1.54) is 0 Å². The fourth-order valence-electron chi connectivity index (χ4n) is 3.36. The van der Waals surface area contributed by atoms with Gasteiger partial charge in [-0.2, -0.15) is 0 Å². The van der Waals surface area contributed by atoms with Crippen LogP contribution in [0, 0.1) is 13.8 Å². The molecule has 1 aliphatic rings. The molecular formula is C21H26N4O3. The summed E-state index contributed by atoms with van der Waals surface area (Å²) in [5.74, 6) is 0.586. The highest BCUT2D eigenvalue weighted by molar-refractivity contribution is 6.00.